The molecule has 0 radical (unpaired) electrons. The lowest BCUT2D eigenvalue weighted by Crippen LogP contribution is -2.25. The van der Waals surface area contributed by atoms with Crippen LogP contribution in [0.1, 0.15) is 33.1 Å². The summed E-state index contributed by atoms with van der Waals surface area (Å²) in [6, 6.07) is 9.32. The topological polar surface area (TPSA) is 47.6 Å². The number of thiophene rings is 1. The van der Waals surface area contributed by atoms with Crippen LogP contribution in [-0.4, -0.2) is 20.1 Å². The van der Waals surface area contributed by atoms with Gasteiger partial charge >= 0.3 is 0 Å². The van der Waals surface area contributed by atoms with Crippen LogP contribution in [0.15, 0.2) is 30.3 Å². The Kier molecular flexibility index (Phi) is 4.85. The van der Waals surface area contributed by atoms with Crippen LogP contribution >= 0.6 is 11.3 Å². The summed E-state index contributed by atoms with van der Waals surface area (Å²) in [6.45, 7) is 3.93. The average molecular weight is 305 g/mol. The van der Waals surface area contributed by atoms with Crippen molar-refractivity contribution in [3.63, 3.8) is 0 Å². The lowest BCUT2D eigenvalue weighted by atomic mass is 10.1. The smallest absolute Gasteiger partial charge is 0.261 e. The Morgan fingerprint density at radius 2 is 1.86 bits per heavy atom. The molecular formula is C16H19NO3S. The van der Waals surface area contributed by atoms with Crippen LogP contribution < -0.4 is 14.8 Å². The molecule has 0 fully saturated rings. The van der Waals surface area contributed by atoms with Crippen molar-refractivity contribution in [3.05, 3.63) is 45.6 Å². The second-order valence-electron chi connectivity index (χ2n) is 4.72. The van der Waals surface area contributed by atoms with Gasteiger partial charge in [-0.2, -0.15) is 0 Å². The number of benzene rings is 1. The van der Waals surface area contributed by atoms with E-state index in [9.17, 15) is 4.79 Å². The predicted octanol–water partition coefficient (Wildman–Crippen LogP) is 3.56. The summed E-state index contributed by atoms with van der Waals surface area (Å²) < 4.78 is 10.5. The minimum atomic E-state index is -0.111. The first-order valence-electron chi connectivity index (χ1n) is 6.64. The second-order valence-corrected chi connectivity index (χ2v) is 6.01. The van der Waals surface area contributed by atoms with Gasteiger partial charge in [0.2, 0.25) is 0 Å². The maximum atomic E-state index is 12.2. The molecule has 1 aromatic carbocycles. The van der Waals surface area contributed by atoms with Gasteiger partial charge in [0.05, 0.1) is 25.1 Å². The Bertz CT molecular complexity index is 636. The minimum Gasteiger partial charge on any atom is -0.493 e. The van der Waals surface area contributed by atoms with Crippen molar-refractivity contribution in [3.8, 4) is 11.5 Å². The maximum Gasteiger partial charge on any atom is 0.261 e. The summed E-state index contributed by atoms with van der Waals surface area (Å²) in [4.78, 5) is 14.0. The van der Waals surface area contributed by atoms with Crippen LogP contribution in [0, 0.1) is 6.92 Å². The number of carbonyl (C=O) groups excluding carboxylic acids is 1. The van der Waals surface area contributed by atoms with Crippen molar-refractivity contribution in [1.82, 2.24) is 5.32 Å². The number of methoxy groups -OCH3 is 2. The van der Waals surface area contributed by atoms with E-state index >= 15 is 0 Å². The fraction of sp³-hybridized carbons (Fsp3) is 0.312. The fourth-order valence-corrected chi connectivity index (χ4v) is 2.80. The van der Waals surface area contributed by atoms with Crippen LogP contribution in [0.3, 0.4) is 0 Å². The van der Waals surface area contributed by atoms with Gasteiger partial charge in [0.1, 0.15) is 0 Å². The zero-order valence-electron chi connectivity index (χ0n) is 12.6. The van der Waals surface area contributed by atoms with E-state index in [1.165, 1.54) is 11.3 Å². The predicted molar refractivity (Wildman–Crippen MR) is 84.5 cm³/mol. The van der Waals surface area contributed by atoms with Gasteiger partial charge in [0, 0.05) is 4.88 Å². The quantitative estimate of drug-likeness (QED) is 0.918. The summed E-state index contributed by atoms with van der Waals surface area (Å²) >= 11 is 1.49. The number of nitrogens with one attached hydrogen (secondary N) is 1. The molecule has 1 unspecified atom stereocenters. The van der Waals surface area contributed by atoms with Gasteiger partial charge in [-0.25, -0.2) is 0 Å². The summed E-state index contributed by atoms with van der Waals surface area (Å²) in [5.41, 5.74) is 0.967. The van der Waals surface area contributed by atoms with Crippen molar-refractivity contribution in [2.24, 2.45) is 0 Å². The lowest BCUT2D eigenvalue weighted by molar-refractivity contribution is 0.0944. The van der Waals surface area contributed by atoms with E-state index in [1.54, 1.807) is 14.2 Å². The van der Waals surface area contributed by atoms with Gasteiger partial charge in [-0.05, 0) is 43.7 Å². The summed E-state index contributed by atoms with van der Waals surface area (Å²) in [5.74, 6) is 1.27. The second kappa shape index (κ2) is 6.63. The molecule has 2 aromatic rings. The van der Waals surface area contributed by atoms with Crippen molar-refractivity contribution >= 4 is 17.2 Å². The highest BCUT2D eigenvalue weighted by Gasteiger charge is 2.14. The average Bonchev–Trinajstić information content (AvgIpc) is 2.93. The van der Waals surface area contributed by atoms with Crippen molar-refractivity contribution in [2.45, 2.75) is 19.9 Å². The molecule has 0 aliphatic carbocycles. The third-order valence-corrected chi connectivity index (χ3v) is 4.22. The number of carbonyl (C=O) groups is 1. The third-order valence-electron chi connectivity index (χ3n) is 3.22. The molecule has 112 valence electrons. The van der Waals surface area contributed by atoms with Crippen LogP contribution in [0.4, 0.5) is 0 Å². The van der Waals surface area contributed by atoms with Crippen LogP contribution in [0.5, 0.6) is 11.5 Å². The standard InChI is InChI=1S/C16H19NO3S/c1-10-5-8-15(21-10)16(18)17-11(2)12-6-7-13(19-3)14(9-12)20-4/h5-9,11H,1-4H3,(H,17,18). The van der Waals surface area contributed by atoms with Crippen LogP contribution in [0.25, 0.3) is 0 Å². The minimum absolute atomic E-state index is 0.0598. The molecule has 0 aliphatic heterocycles. The Labute approximate surface area is 128 Å². The van der Waals surface area contributed by atoms with Gasteiger partial charge in [-0.15, -0.1) is 11.3 Å². The first-order chi connectivity index (χ1) is 10.0. The molecule has 0 spiro atoms. The van der Waals surface area contributed by atoms with E-state index in [0.717, 1.165) is 15.3 Å². The monoisotopic (exact) mass is 305 g/mol. The maximum absolute atomic E-state index is 12.2. The molecule has 1 amide bonds. The first-order valence-corrected chi connectivity index (χ1v) is 7.46. The molecule has 1 aromatic heterocycles. The van der Waals surface area contributed by atoms with Crippen molar-refractivity contribution in [2.75, 3.05) is 14.2 Å². The summed E-state index contributed by atoms with van der Waals surface area (Å²) in [6.07, 6.45) is 0. The molecule has 5 heteroatoms. The van der Waals surface area contributed by atoms with Gasteiger partial charge in [-0.3, -0.25) is 4.79 Å². The Morgan fingerprint density at radius 3 is 2.43 bits per heavy atom. The highest BCUT2D eigenvalue weighted by atomic mass is 32.1. The molecule has 1 heterocycles. The number of aryl methyl sites for hydroxylation is 1. The Balaban J connectivity index is 2.13. The Hall–Kier alpha value is -2.01. The van der Waals surface area contributed by atoms with Crippen molar-refractivity contribution in [1.29, 1.82) is 0 Å². The molecule has 0 saturated heterocycles. The van der Waals surface area contributed by atoms with Gasteiger partial charge in [0.15, 0.2) is 11.5 Å². The number of rotatable bonds is 5. The molecular weight excluding hydrogens is 286 g/mol. The van der Waals surface area contributed by atoms with E-state index in [2.05, 4.69) is 5.32 Å². The zero-order chi connectivity index (χ0) is 15.4. The van der Waals surface area contributed by atoms with E-state index in [1.807, 2.05) is 44.2 Å². The van der Waals surface area contributed by atoms with E-state index in [4.69, 9.17) is 9.47 Å². The van der Waals surface area contributed by atoms with E-state index in [-0.39, 0.29) is 11.9 Å². The summed E-state index contributed by atoms with van der Waals surface area (Å²) in [5, 5.41) is 2.99. The number of hydrogen-bond acceptors (Lipinski definition) is 4. The van der Waals surface area contributed by atoms with Crippen molar-refractivity contribution < 1.29 is 14.3 Å². The molecule has 1 atom stereocenters. The van der Waals surface area contributed by atoms with Crippen LogP contribution in [0.2, 0.25) is 0 Å². The van der Waals surface area contributed by atoms with Gasteiger partial charge < -0.3 is 14.8 Å². The number of ether oxygens (including phenoxy) is 2. The molecule has 1 N–H and O–H groups in total. The molecule has 0 saturated carbocycles. The molecule has 21 heavy (non-hydrogen) atoms. The molecule has 0 bridgehead atoms. The highest BCUT2D eigenvalue weighted by molar-refractivity contribution is 7.13. The normalized spacial score (nSPS) is 11.8. The molecule has 2 rings (SSSR count). The fourth-order valence-electron chi connectivity index (χ4n) is 2.03. The van der Waals surface area contributed by atoms with E-state index in [0.29, 0.717) is 11.5 Å². The zero-order valence-corrected chi connectivity index (χ0v) is 13.4. The SMILES string of the molecule is COc1ccc(C(C)NC(=O)c2ccc(C)s2)cc1OC. The van der Waals surface area contributed by atoms with E-state index < -0.39 is 0 Å². The summed E-state index contributed by atoms with van der Waals surface area (Å²) in [7, 11) is 3.20. The lowest BCUT2D eigenvalue weighted by Gasteiger charge is -2.16. The Morgan fingerprint density at radius 1 is 1.14 bits per heavy atom. The molecule has 4 nitrogen and oxygen atoms in total. The first kappa shape index (κ1) is 15.4. The highest BCUT2D eigenvalue weighted by Crippen LogP contribution is 2.30. The van der Waals surface area contributed by atoms with Gasteiger partial charge in [0.25, 0.3) is 5.91 Å². The van der Waals surface area contributed by atoms with Gasteiger partial charge in [-0.1, -0.05) is 6.07 Å². The number of amides is 1. The largest absolute Gasteiger partial charge is 0.493 e. The third kappa shape index (κ3) is 3.55. The van der Waals surface area contributed by atoms with Crippen LogP contribution in [-0.2, 0) is 0 Å². The molecule has 0 aliphatic rings. The number of hydrogen-bond donors (Lipinski definition) is 1.